The predicted molar refractivity (Wildman–Crippen MR) is 115 cm³/mol. The van der Waals surface area contributed by atoms with Crippen molar-refractivity contribution in [3.63, 3.8) is 0 Å². The highest BCUT2D eigenvalue weighted by atomic mass is 35.5. The first-order valence-corrected chi connectivity index (χ1v) is 10.3. The van der Waals surface area contributed by atoms with Crippen molar-refractivity contribution >= 4 is 29.2 Å². The Morgan fingerprint density at radius 2 is 1.84 bits per heavy atom. The van der Waals surface area contributed by atoms with E-state index in [-0.39, 0.29) is 34.6 Å². The van der Waals surface area contributed by atoms with Gasteiger partial charge < -0.3 is 28.8 Å². The van der Waals surface area contributed by atoms with E-state index in [1.807, 2.05) is 30.3 Å². The minimum atomic E-state index is -1.25. The molecule has 4 atom stereocenters. The maximum Gasteiger partial charge on any atom is 0.343 e. The molecular formula is C22H24Cl2O7. The third-order valence-corrected chi connectivity index (χ3v) is 5.70. The molecule has 2 unspecified atom stereocenters. The molecular weight excluding hydrogens is 447 g/mol. The molecule has 1 fully saturated rings. The maximum atomic E-state index is 12.8. The molecule has 31 heavy (non-hydrogen) atoms. The van der Waals surface area contributed by atoms with E-state index in [1.165, 1.54) is 26.4 Å². The van der Waals surface area contributed by atoms with E-state index in [9.17, 15) is 9.90 Å². The molecule has 9 heteroatoms. The number of benzene rings is 2. The smallest absolute Gasteiger partial charge is 0.343 e. The highest BCUT2D eigenvalue weighted by molar-refractivity contribution is 6.37. The van der Waals surface area contributed by atoms with Gasteiger partial charge in [-0.25, -0.2) is 4.79 Å². The van der Waals surface area contributed by atoms with Crippen LogP contribution in [-0.4, -0.2) is 56.0 Å². The fourth-order valence-electron chi connectivity index (χ4n) is 3.43. The number of hydrogen-bond acceptors (Lipinski definition) is 7. The highest BCUT2D eigenvalue weighted by Crippen LogP contribution is 2.36. The molecule has 1 saturated heterocycles. The first-order chi connectivity index (χ1) is 14.8. The van der Waals surface area contributed by atoms with Crippen molar-refractivity contribution in [2.45, 2.75) is 37.6 Å². The molecule has 1 N–H and O–H groups in total. The second kappa shape index (κ2) is 10.2. The van der Waals surface area contributed by atoms with Gasteiger partial charge in [0.05, 0.1) is 30.4 Å². The SMILES string of the molecule is COc1c(Cl)ccc(Cl)c1C(=O)O[C@H]1CO[C@@](C)(OCc2ccccc2)C(OC)C1O. The van der Waals surface area contributed by atoms with Gasteiger partial charge in [-0.2, -0.15) is 0 Å². The van der Waals surface area contributed by atoms with Crippen LogP contribution in [0.5, 0.6) is 5.75 Å². The fraction of sp³-hybridized carbons (Fsp3) is 0.409. The zero-order valence-corrected chi connectivity index (χ0v) is 18.9. The van der Waals surface area contributed by atoms with Crippen molar-refractivity contribution in [1.29, 1.82) is 0 Å². The number of esters is 1. The van der Waals surface area contributed by atoms with Crippen LogP contribution in [0.3, 0.4) is 0 Å². The van der Waals surface area contributed by atoms with Gasteiger partial charge in [0.15, 0.2) is 17.6 Å². The van der Waals surface area contributed by atoms with Crippen LogP contribution in [-0.2, 0) is 25.6 Å². The summed E-state index contributed by atoms with van der Waals surface area (Å²) in [5.41, 5.74) is 0.902. The largest absolute Gasteiger partial charge is 0.494 e. The minimum absolute atomic E-state index is 0.0357. The van der Waals surface area contributed by atoms with Crippen molar-refractivity contribution in [1.82, 2.24) is 0 Å². The number of rotatable bonds is 7. The van der Waals surface area contributed by atoms with Crippen molar-refractivity contribution < 1.29 is 33.6 Å². The Hall–Kier alpha value is -1.87. The van der Waals surface area contributed by atoms with E-state index in [1.54, 1.807) is 6.92 Å². The Labute approximate surface area is 190 Å². The zero-order chi connectivity index (χ0) is 22.6. The normalized spacial score (nSPS) is 25.8. The summed E-state index contributed by atoms with van der Waals surface area (Å²) in [7, 11) is 2.78. The molecule has 0 saturated carbocycles. The molecule has 168 valence electrons. The van der Waals surface area contributed by atoms with Crippen LogP contribution in [0.25, 0.3) is 0 Å². The lowest BCUT2D eigenvalue weighted by molar-refractivity contribution is -0.338. The number of aliphatic hydroxyl groups excluding tert-OH is 1. The number of methoxy groups -OCH3 is 2. The molecule has 0 aliphatic carbocycles. The Balaban J connectivity index is 1.73. The van der Waals surface area contributed by atoms with E-state index in [2.05, 4.69) is 0 Å². The summed E-state index contributed by atoms with van der Waals surface area (Å²) in [5.74, 6) is -1.97. The van der Waals surface area contributed by atoms with Gasteiger partial charge in [0.1, 0.15) is 17.8 Å². The number of hydrogen-bond donors (Lipinski definition) is 1. The van der Waals surface area contributed by atoms with E-state index < -0.39 is 30.1 Å². The molecule has 0 radical (unpaired) electrons. The summed E-state index contributed by atoms with van der Waals surface area (Å²) in [6.07, 6.45) is -3.16. The molecule has 0 aromatic heterocycles. The Morgan fingerprint density at radius 1 is 1.16 bits per heavy atom. The molecule has 1 heterocycles. The van der Waals surface area contributed by atoms with Crippen LogP contribution >= 0.6 is 23.2 Å². The lowest BCUT2D eigenvalue weighted by Gasteiger charge is -2.45. The summed E-state index contributed by atoms with van der Waals surface area (Å²) >= 11 is 12.2. The van der Waals surface area contributed by atoms with Crippen LogP contribution < -0.4 is 4.74 Å². The summed E-state index contributed by atoms with van der Waals surface area (Å²) < 4.78 is 27.9. The summed E-state index contributed by atoms with van der Waals surface area (Å²) in [4.78, 5) is 12.8. The van der Waals surface area contributed by atoms with Crippen LogP contribution in [0.4, 0.5) is 0 Å². The first kappa shape index (κ1) is 23.8. The van der Waals surface area contributed by atoms with Gasteiger partial charge in [0.25, 0.3) is 0 Å². The van der Waals surface area contributed by atoms with E-state index in [0.29, 0.717) is 0 Å². The molecule has 3 rings (SSSR count). The summed E-state index contributed by atoms with van der Waals surface area (Å²) in [6, 6.07) is 12.5. The van der Waals surface area contributed by atoms with Crippen molar-refractivity contribution in [3.05, 3.63) is 63.6 Å². The van der Waals surface area contributed by atoms with E-state index in [4.69, 9.17) is 46.9 Å². The van der Waals surface area contributed by atoms with E-state index in [0.717, 1.165) is 5.56 Å². The monoisotopic (exact) mass is 470 g/mol. The molecule has 1 aliphatic heterocycles. The number of halogens is 2. The zero-order valence-electron chi connectivity index (χ0n) is 17.3. The third-order valence-electron chi connectivity index (χ3n) is 5.09. The van der Waals surface area contributed by atoms with Crippen molar-refractivity contribution in [2.75, 3.05) is 20.8 Å². The molecule has 7 nitrogen and oxygen atoms in total. The molecule has 2 aromatic rings. The van der Waals surface area contributed by atoms with Crippen LogP contribution in [0.15, 0.2) is 42.5 Å². The lowest BCUT2D eigenvalue weighted by Crippen LogP contribution is -2.62. The molecule has 0 amide bonds. The predicted octanol–water partition coefficient (Wildman–Crippen LogP) is 3.87. The number of carbonyl (C=O) groups is 1. The van der Waals surface area contributed by atoms with Crippen molar-refractivity contribution in [2.24, 2.45) is 0 Å². The molecule has 1 aliphatic rings. The standard InChI is InChI=1S/C22H24Cl2O7/c1-22(29-11-13-7-5-4-6-8-13)20(28-3)18(25)16(12-30-22)31-21(26)17-14(23)9-10-15(24)19(17)27-2/h4-10,16,18,20,25H,11-12H2,1-3H3/t16-,18?,20?,22+/m0/s1. The molecule has 2 aromatic carbocycles. The highest BCUT2D eigenvalue weighted by Gasteiger charge is 2.50. The summed E-state index contributed by atoms with van der Waals surface area (Å²) in [6.45, 7) is 1.81. The number of aliphatic hydroxyl groups is 1. The molecule has 0 spiro atoms. The topological polar surface area (TPSA) is 83.5 Å². The Kier molecular flexibility index (Phi) is 7.80. The number of ether oxygens (including phenoxy) is 5. The Morgan fingerprint density at radius 3 is 2.48 bits per heavy atom. The molecule has 0 bridgehead atoms. The van der Waals surface area contributed by atoms with E-state index >= 15 is 0 Å². The minimum Gasteiger partial charge on any atom is -0.494 e. The van der Waals surface area contributed by atoms with Crippen LogP contribution in [0, 0.1) is 0 Å². The number of carbonyl (C=O) groups excluding carboxylic acids is 1. The van der Waals surface area contributed by atoms with Gasteiger partial charge in [0.2, 0.25) is 0 Å². The second-order valence-corrected chi connectivity index (χ2v) is 7.94. The first-order valence-electron chi connectivity index (χ1n) is 9.56. The average Bonchev–Trinajstić information content (AvgIpc) is 2.77. The van der Waals surface area contributed by atoms with Crippen molar-refractivity contribution in [3.8, 4) is 5.75 Å². The summed E-state index contributed by atoms with van der Waals surface area (Å²) in [5, 5.41) is 11.2. The second-order valence-electron chi connectivity index (χ2n) is 7.13. The van der Waals surface area contributed by atoms with Gasteiger partial charge >= 0.3 is 5.97 Å². The fourth-order valence-corrected chi connectivity index (χ4v) is 3.90. The van der Waals surface area contributed by atoms with Gasteiger partial charge in [-0.05, 0) is 24.6 Å². The van der Waals surface area contributed by atoms with Gasteiger partial charge in [-0.3, -0.25) is 0 Å². The van der Waals surface area contributed by atoms with Gasteiger partial charge in [-0.1, -0.05) is 53.5 Å². The Bertz CT molecular complexity index is 908. The van der Waals surface area contributed by atoms with Crippen LogP contribution in [0.1, 0.15) is 22.8 Å². The average molecular weight is 471 g/mol. The third kappa shape index (κ3) is 5.14. The van der Waals surface area contributed by atoms with Crippen LogP contribution in [0.2, 0.25) is 10.0 Å². The van der Waals surface area contributed by atoms with Gasteiger partial charge in [-0.15, -0.1) is 0 Å². The van der Waals surface area contributed by atoms with Gasteiger partial charge in [0, 0.05) is 7.11 Å². The maximum absolute atomic E-state index is 12.8. The quantitative estimate of drug-likeness (QED) is 0.614. The lowest BCUT2D eigenvalue weighted by atomic mass is 9.97.